The van der Waals surface area contributed by atoms with Crippen LogP contribution in [0.3, 0.4) is 0 Å². The van der Waals surface area contributed by atoms with Crippen molar-refractivity contribution < 1.29 is 0 Å². The van der Waals surface area contributed by atoms with Crippen LogP contribution in [0.5, 0.6) is 0 Å². The second-order valence-electron chi connectivity index (χ2n) is 3.16. The average molecular weight is 194 g/mol. The minimum absolute atomic E-state index is 0. The molecule has 2 nitrogen and oxygen atoms in total. The number of anilines is 2. The summed E-state index contributed by atoms with van der Waals surface area (Å²) in [6.07, 6.45) is 0. The van der Waals surface area contributed by atoms with E-state index < -0.39 is 0 Å². The first-order chi connectivity index (χ1) is 6.20. The fraction of sp³-hybridized carbons (Fsp3) is 0.500. The van der Waals surface area contributed by atoms with Gasteiger partial charge in [0.2, 0.25) is 0 Å². The number of nitrogen functional groups attached to an aromatic ring is 1. The van der Waals surface area contributed by atoms with Crippen molar-refractivity contribution in [3.63, 3.8) is 0 Å². The van der Waals surface area contributed by atoms with E-state index in [1.807, 2.05) is 12.1 Å². The molecule has 2 N–H and O–H groups in total. The van der Waals surface area contributed by atoms with E-state index in [0.29, 0.717) is 0 Å². The largest absolute Gasteiger partial charge is 0.398 e. The lowest BCUT2D eigenvalue weighted by atomic mass is 10.1. The van der Waals surface area contributed by atoms with Gasteiger partial charge in [0.1, 0.15) is 0 Å². The maximum absolute atomic E-state index is 5.84. The molecule has 0 heterocycles. The van der Waals surface area contributed by atoms with E-state index in [2.05, 4.69) is 31.7 Å². The average Bonchev–Trinajstić information content (AvgIpc) is 2.14. The first kappa shape index (κ1) is 12.8. The molecule has 0 aromatic heterocycles. The van der Waals surface area contributed by atoms with Gasteiger partial charge in [-0.25, -0.2) is 0 Å². The van der Waals surface area contributed by atoms with Crippen molar-refractivity contribution in [3.05, 3.63) is 23.8 Å². The second kappa shape index (κ2) is 5.53. The van der Waals surface area contributed by atoms with Gasteiger partial charge in [-0.3, -0.25) is 0 Å². The Bertz CT molecular complexity index is 278. The molecule has 0 bridgehead atoms. The third-order valence-electron chi connectivity index (χ3n) is 2.45. The van der Waals surface area contributed by atoms with Crippen LogP contribution < -0.4 is 10.6 Å². The highest BCUT2D eigenvalue weighted by Crippen LogP contribution is 2.24. The third-order valence-corrected chi connectivity index (χ3v) is 2.45. The fourth-order valence-corrected chi connectivity index (χ4v) is 1.55. The summed E-state index contributed by atoms with van der Waals surface area (Å²) in [5, 5.41) is 0. The molecule has 0 spiro atoms. The fourth-order valence-electron chi connectivity index (χ4n) is 1.55. The van der Waals surface area contributed by atoms with Gasteiger partial charge >= 0.3 is 0 Å². The van der Waals surface area contributed by atoms with E-state index in [1.54, 1.807) is 0 Å². The van der Waals surface area contributed by atoms with Gasteiger partial charge < -0.3 is 10.6 Å². The summed E-state index contributed by atoms with van der Waals surface area (Å²) >= 11 is 0. The predicted molar refractivity (Wildman–Crippen MR) is 65.9 cm³/mol. The van der Waals surface area contributed by atoms with Gasteiger partial charge in [0.05, 0.1) is 0 Å². The number of benzene rings is 1. The van der Waals surface area contributed by atoms with Crippen LogP contribution >= 0.6 is 0 Å². The molecule has 0 unspecified atom stereocenters. The van der Waals surface area contributed by atoms with Crippen molar-refractivity contribution in [3.8, 4) is 0 Å². The molecule has 0 aliphatic rings. The van der Waals surface area contributed by atoms with Gasteiger partial charge in [-0.2, -0.15) is 0 Å². The minimum Gasteiger partial charge on any atom is -0.398 e. The topological polar surface area (TPSA) is 29.3 Å². The van der Waals surface area contributed by atoms with Gasteiger partial charge in [-0.1, -0.05) is 13.5 Å². The summed E-state index contributed by atoms with van der Waals surface area (Å²) in [4.78, 5) is 2.31. The molecule has 0 fully saturated rings. The molecule has 2 heteroatoms. The predicted octanol–water partition coefficient (Wildman–Crippen LogP) is 3.06. The second-order valence-corrected chi connectivity index (χ2v) is 3.16. The van der Waals surface area contributed by atoms with E-state index in [0.717, 1.165) is 18.8 Å². The summed E-state index contributed by atoms with van der Waals surface area (Å²) in [5.74, 6) is 0. The van der Waals surface area contributed by atoms with E-state index in [4.69, 9.17) is 5.73 Å². The number of nitrogens with two attached hydrogens (primary N) is 1. The Kier molecular flexibility index (Phi) is 5.06. The molecular weight excluding hydrogens is 172 g/mol. The van der Waals surface area contributed by atoms with Crippen LogP contribution in [0.25, 0.3) is 0 Å². The van der Waals surface area contributed by atoms with Crippen LogP contribution in [-0.2, 0) is 0 Å². The molecule has 1 aromatic carbocycles. The standard InChI is InChI=1S/C11H18N2.CH4/c1-4-13(5-2)11-8-6-7-10(12)9(11)3;/h6-8H,4-5,12H2,1-3H3;1H4. The molecule has 0 saturated heterocycles. The Labute approximate surface area is 87.7 Å². The molecule has 0 aliphatic heterocycles. The van der Waals surface area contributed by atoms with E-state index in [-0.39, 0.29) is 7.43 Å². The highest BCUT2D eigenvalue weighted by molar-refractivity contribution is 5.64. The van der Waals surface area contributed by atoms with Crippen molar-refractivity contribution in [2.45, 2.75) is 28.2 Å². The highest BCUT2D eigenvalue weighted by atomic mass is 15.1. The van der Waals surface area contributed by atoms with Crippen LogP contribution in [0.2, 0.25) is 0 Å². The number of rotatable bonds is 3. The zero-order valence-electron chi connectivity index (χ0n) is 8.67. The summed E-state index contributed by atoms with van der Waals surface area (Å²) < 4.78 is 0. The van der Waals surface area contributed by atoms with Crippen LogP contribution in [0, 0.1) is 6.92 Å². The lowest BCUT2D eigenvalue weighted by molar-refractivity contribution is 0.862. The number of nitrogens with zero attached hydrogens (tertiary/aromatic N) is 1. The Morgan fingerprint density at radius 3 is 2.29 bits per heavy atom. The van der Waals surface area contributed by atoms with Crippen LogP contribution in [0.15, 0.2) is 18.2 Å². The first-order valence-electron chi connectivity index (χ1n) is 4.80. The summed E-state index contributed by atoms with van der Waals surface area (Å²) in [7, 11) is 0. The third kappa shape index (κ3) is 2.41. The van der Waals surface area contributed by atoms with Gasteiger partial charge in [0, 0.05) is 24.5 Å². The zero-order valence-corrected chi connectivity index (χ0v) is 8.67. The molecule has 1 aromatic rings. The molecule has 0 radical (unpaired) electrons. The summed E-state index contributed by atoms with van der Waals surface area (Å²) in [6, 6.07) is 6.08. The smallest absolute Gasteiger partial charge is 0.0416 e. The Balaban J connectivity index is 0.00000169. The zero-order chi connectivity index (χ0) is 9.84. The van der Waals surface area contributed by atoms with Gasteiger partial charge in [-0.15, -0.1) is 0 Å². The summed E-state index contributed by atoms with van der Waals surface area (Å²) in [6.45, 7) is 8.45. The van der Waals surface area contributed by atoms with Gasteiger partial charge in [0.15, 0.2) is 0 Å². The molecule has 1 rings (SSSR count). The van der Waals surface area contributed by atoms with Crippen LogP contribution in [0.4, 0.5) is 11.4 Å². The number of hydrogen-bond donors (Lipinski definition) is 1. The minimum atomic E-state index is 0. The molecule has 0 saturated carbocycles. The molecule has 0 amide bonds. The van der Waals surface area contributed by atoms with Crippen molar-refractivity contribution in [1.82, 2.24) is 0 Å². The Hall–Kier alpha value is -1.18. The Morgan fingerprint density at radius 2 is 1.79 bits per heavy atom. The van der Waals surface area contributed by atoms with Crippen molar-refractivity contribution >= 4 is 11.4 Å². The molecule has 80 valence electrons. The van der Waals surface area contributed by atoms with Crippen LogP contribution in [0.1, 0.15) is 26.8 Å². The van der Waals surface area contributed by atoms with Crippen LogP contribution in [-0.4, -0.2) is 13.1 Å². The lowest BCUT2D eigenvalue weighted by Gasteiger charge is -2.23. The number of hydrogen-bond acceptors (Lipinski definition) is 2. The van der Waals surface area contributed by atoms with E-state index >= 15 is 0 Å². The molecule has 0 aliphatic carbocycles. The lowest BCUT2D eigenvalue weighted by Crippen LogP contribution is -2.22. The van der Waals surface area contributed by atoms with E-state index in [9.17, 15) is 0 Å². The molecule has 14 heavy (non-hydrogen) atoms. The van der Waals surface area contributed by atoms with Gasteiger partial charge in [-0.05, 0) is 38.5 Å². The highest BCUT2D eigenvalue weighted by Gasteiger charge is 2.05. The maximum atomic E-state index is 5.84. The van der Waals surface area contributed by atoms with Crippen molar-refractivity contribution in [2.75, 3.05) is 23.7 Å². The van der Waals surface area contributed by atoms with Crippen molar-refractivity contribution in [2.24, 2.45) is 0 Å². The summed E-state index contributed by atoms with van der Waals surface area (Å²) in [5.41, 5.74) is 9.16. The molecular formula is C12H22N2. The van der Waals surface area contributed by atoms with Gasteiger partial charge in [0.25, 0.3) is 0 Å². The quantitative estimate of drug-likeness (QED) is 0.749. The Morgan fingerprint density at radius 1 is 1.21 bits per heavy atom. The first-order valence-corrected chi connectivity index (χ1v) is 4.80. The maximum Gasteiger partial charge on any atom is 0.0416 e. The molecule has 0 atom stereocenters. The monoisotopic (exact) mass is 194 g/mol. The van der Waals surface area contributed by atoms with Crippen molar-refractivity contribution in [1.29, 1.82) is 0 Å². The SMILES string of the molecule is C.CCN(CC)c1cccc(N)c1C. The normalized spacial score (nSPS) is 9.36. The van der Waals surface area contributed by atoms with E-state index in [1.165, 1.54) is 11.3 Å².